The highest BCUT2D eigenvalue weighted by molar-refractivity contribution is 5.91. The zero-order chi connectivity index (χ0) is 12.5. The van der Waals surface area contributed by atoms with E-state index in [0.29, 0.717) is 6.54 Å². The standard InChI is InChI=1S/C14H19N3O/c1-16-5-7-17(8-6-16)13-12(10-15)3-2-11-4-9-18-14(11)13/h2-4,9H,5-8,10,15H2,1H3. The second kappa shape index (κ2) is 4.63. The molecule has 1 aromatic carbocycles. The van der Waals surface area contributed by atoms with E-state index in [-0.39, 0.29) is 0 Å². The second-order valence-corrected chi connectivity index (χ2v) is 4.91. The maximum Gasteiger partial charge on any atom is 0.157 e. The van der Waals surface area contributed by atoms with Gasteiger partial charge in [0.15, 0.2) is 5.58 Å². The summed E-state index contributed by atoms with van der Waals surface area (Å²) in [6, 6.07) is 6.21. The molecule has 2 N–H and O–H groups in total. The van der Waals surface area contributed by atoms with Crippen LogP contribution in [0.3, 0.4) is 0 Å². The topological polar surface area (TPSA) is 45.6 Å². The molecule has 2 heterocycles. The number of rotatable bonds is 2. The Morgan fingerprint density at radius 1 is 1.17 bits per heavy atom. The van der Waals surface area contributed by atoms with Crippen LogP contribution in [0.2, 0.25) is 0 Å². The van der Waals surface area contributed by atoms with Gasteiger partial charge in [-0.05, 0) is 18.7 Å². The number of nitrogens with two attached hydrogens (primary N) is 1. The van der Waals surface area contributed by atoms with E-state index in [4.69, 9.17) is 10.2 Å². The lowest BCUT2D eigenvalue weighted by Crippen LogP contribution is -2.45. The number of furan rings is 1. The zero-order valence-electron chi connectivity index (χ0n) is 10.7. The van der Waals surface area contributed by atoms with Gasteiger partial charge in [0.1, 0.15) is 0 Å². The third-order valence-corrected chi connectivity index (χ3v) is 3.72. The van der Waals surface area contributed by atoms with E-state index in [9.17, 15) is 0 Å². The predicted octanol–water partition coefficient (Wildman–Crippen LogP) is 1.64. The van der Waals surface area contributed by atoms with E-state index in [1.54, 1.807) is 6.26 Å². The lowest BCUT2D eigenvalue weighted by Gasteiger charge is -2.35. The summed E-state index contributed by atoms with van der Waals surface area (Å²) in [6.07, 6.45) is 1.75. The summed E-state index contributed by atoms with van der Waals surface area (Å²) in [5.41, 5.74) is 9.20. The Hall–Kier alpha value is -1.52. The first-order chi connectivity index (χ1) is 8.79. The summed E-state index contributed by atoms with van der Waals surface area (Å²) in [6.45, 7) is 4.78. The number of piperazine rings is 1. The first-order valence-electron chi connectivity index (χ1n) is 6.42. The quantitative estimate of drug-likeness (QED) is 0.873. The molecule has 4 nitrogen and oxygen atoms in total. The van der Waals surface area contributed by atoms with Crippen molar-refractivity contribution in [2.24, 2.45) is 5.73 Å². The average molecular weight is 245 g/mol. The lowest BCUT2D eigenvalue weighted by molar-refractivity contribution is 0.312. The highest BCUT2D eigenvalue weighted by Gasteiger charge is 2.20. The Morgan fingerprint density at radius 3 is 2.67 bits per heavy atom. The summed E-state index contributed by atoms with van der Waals surface area (Å²) in [4.78, 5) is 4.74. The minimum atomic E-state index is 0.554. The predicted molar refractivity (Wildman–Crippen MR) is 73.8 cm³/mol. The molecule has 1 aliphatic rings. The van der Waals surface area contributed by atoms with Crippen LogP contribution >= 0.6 is 0 Å². The number of fused-ring (bicyclic) bond motifs is 1. The van der Waals surface area contributed by atoms with Crippen LogP contribution in [-0.2, 0) is 6.54 Å². The Kier molecular flexibility index (Phi) is 2.97. The van der Waals surface area contributed by atoms with Gasteiger partial charge in [-0.2, -0.15) is 0 Å². The molecule has 1 saturated heterocycles. The number of hydrogen-bond donors (Lipinski definition) is 1. The largest absolute Gasteiger partial charge is 0.462 e. The monoisotopic (exact) mass is 245 g/mol. The minimum absolute atomic E-state index is 0.554. The molecule has 1 aliphatic heterocycles. The maximum absolute atomic E-state index is 5.87. The fourth-order valence-electron chi connectivity index (χ4n) is 2.60. The number of nitrogens with zero attached hydrogens (tertiary/aromatic N) is 2. The highest BCUT2D eigenvalue weighted by Crippen LogP contribution is 2.32. The van der Waals surface area contributed by atoms with Crippen LogP contribution in [0, 0.1) is 0 Å². The molecule has 0 saturated carbocycles. The van der Waals surface area contributed by atoms with Crippen molar-refractivity contribution in [1.29, 1.82) is 0 Å². The van der Waals surface area contributed by atoms with Crippen molar-refractivity contribution >= 4 is 16.7 Å². The summed E-state index contributed by atoms with van der Waals surface area (Å²) in [5, 5.41) is 1.15. The van der Waals surface area contributed by atoms with E-state index in [2.05, 4.69) is 29.0 Å². The van der Waals surface area contributed by atoms with Gasteiger partial charge in [0.25, 0.3) is 0 Å². The van der Waals surface area contributed by atoms with Gasteiger partial charge in [0, 0.05) is 38.1 Å². The summed E-state index contributed by atoms with van der Waals surface area (Å²) in [5.74, 6) is 0. The van der Waals surface area contributed by atoms with Crippen LogP contribution in [0.4, 0.5) is 5.69 Å². The van der Waals surface area contributed by atoms with Gasteiger partial charge in [-0.3, -0.25) is 0 Å². The van der Waals surface area contributed by atoms with Crippen molar-refractivity contribution in [3.8, 4) is 0 Å². The van der Waals surface area contributed by atoms with E-state index < -0.39 is 0 Å². The van der Waals surface area contributed by atoms with E-state index in [0.717, 1.165) is 37.1 Å². The SMILES string of the molecule is CN1CCN(c2c(CN)ccc3ccoc23)CC1. The molecule has 0 amide bonds. The Labute approximate surface area is 107 Å². The normalized spacial score (nSPS) is 17.6. The third-order valence-electron chi connectivity index (χ3n) is 3.72. The van der Waals surface area contributed by atoms with Crippen LogP contribution in [0.25, 0.3) is 11.0 Å². The molecule has 18 heavy (non-hydrogen) atoms. The molecule has 0 spiro atoms. The molecule has 0 radical (unpaired) electrons. The number of hydrogen-bond acceptors (Lipinski definition) is 4. The summed E-state index contributed by atoms with van der Waals surface area (Å²) in [7, 11) is 2.16. The fourth-order valence-corrected chi connectivity index (χ4v) is 2.60. The molecular formula is C14H19N3O. The Bertz CT molecular complexity index is 541. The van der Waals surface area contributed by atoms with Gasteiger partial charge in [-0.15, -0.1) is 0 Å². The first kappa shape index (κ1) is 11.6. The van der Waals surface area contributed by atoms with Crippen molar-refractivity contribution in [3.05, 3.63) is 30.0 Å². The van der Waals surface area contributed by atoms with Gasteiger partial charge < -0.3 is 20.0 Å². The van der Waals surface area contributed by atoms with Crippen LogP contribution in [-0.4, -0.2) is 38.1 Å². The van der Waals surface area contributed by atoms with Crippen LogP contribution < -0.4 is 10.6 Å². The average Bonchev–Trinajstić information content (AvgIpc) is 2.87. The van der Waals surface area contributed by atoms with Gasteiger partial charge in [0.05, 0.1) is 12.0 Å². The van der Waals surface area contributed by atoms with Gasteiger partial charge in [0.2, 0.25) is 0 Å². The first-order valence-corrected chi connectivity index (χ1v) is 6.42. The van der Waals surface area contributed by atoms with E-state index in [1.807, 2.05) is 6.07 Å². The summed E-state index contributed by atoms with van der Waals surface area (Å²) < 4.78 is 5.66. The van der Waals surface area contributed by atoms with Crippen molar-refractivity contribution in [3.63, 3.8) is 0 Å². The smallest absolute Gasteiger partial charge is 0.157 e. The van der Waals surface area contributed by atoms with Gasteiger partial charge in [-0.1, -0.05) is 12.1 Å². The molecular weight excluding hydrogens is 226 g/mol. The number of likely N-dealkylation sites (N-methyl/N-ethyl adjacent to an activating group) is 1. The lowest BCUT2D eigenvalue weighted by atomic mass is 10.1. The highest BCUT2D eigenvalue weighted by atomic mass is 16.3. The molecule has 1 aromatic heterocycles. The molecule has 0 aliphatic carbocycles. The van der Waals surface area contributed by atoms with Gasteiger partial charge in [-0.25, -0.2) is 0 Å². The number of anilines is 1. The van der Waals surface area contributed by atoms with Crippen LogP contribution in [0.1, 0.15) is 5.56 Å². The van der Waals surface area contributed by atoms with E-state index >= 15 is 0 Å². The third kappa shape index (κ3) is 1.87. The molecule has 96 valence electrons. The molecule has 0 unspecified atom stereocenters. The van der Waals surface area contributed by atoms with Gasteiger partial charge >= 0.3 is 0 Å². The van der Waals surface area contributed by atoms with Crippen molar-refractivity contribution in [2.45, 2.75) is 6.54 Å². The Morgan fingerprint density at radius 2 is 1.94 bits per heavy atom. The van der Waals surface area contributed by atoms with Crippen LogP contribution in [0.5, 0.6) is 0 Å². The molecule has 0 bridgehead atoms. The fraction of sp³-hybridized carbons (Fsp3) is 0.429. The molecule has 0 atom stereocenters. The minimum Gasteiger partial charge on any atom is -0.462 e. The van der Waals surface area contributed by atoms with Crippen LogP contribution in [0.15, 0.2) is 28.9 Å². The van der Waals surface area contributed by atoms with Crippen molar-refractivity contribution in [1.82, 2.24) is 4.90 Å². The number of benzene rings is 1. The Balaban J connectivity index is 2.05. The van der Waals surface area contributed by atoms with Crippen molar-refractivity contribution < 1.29 is 4.42 Å². The molecule has 1 fully saturated rings. The summed E-state index contributed by atoms with van der Waals surface area (Å²) >= 11 is 0. The maximum atomic E-state index is 5.87. The zero-order valence-corrected chi connectivity index (χ0v) is 10.7. The van der Waals surface area contributed by atoms with Crippen molar-refractivity contribution in [2.75, 3.05) is 38.1 Å². The second-order valence-electron chi connectivity index (χ2n) is 4.91. The molecule has 2 aromatic rings. The van der Waals surface area contributed by atoms with E-state index in [1.165, 1.54) is 11.3 Å². The molecule has 4 heteroatoms. The molecule has 3 rings (SSSR count).